The maximum atomic E-state index is 12.7. The number of nitrogens with zero attached hydrogens (tertiary/aromatic N) is 1. The van der Waals surface area contributed by atoms with Crippen LogP contribution in [0.3, 0.4) is 0 Å². The smallest absolute Gasteiger partial charge is 0.251 e. The van der Waals surface area contributed by atoms with Gasteiger partial charge in [-0.25, -0.2) is 0 Å². The molecule has 1 aliphatic rings. The fraction of sp³-hybridized carbons (Fsp3) is 0.500. The Labute approximate surface area is 207 Å². The van der Waals surface area contributed by atoms with Crippen LogP contribution in [0.15, 0.2) is 36.4 Å². The van der Waals surface area contributed by atoms with E-state index in [1.54, 1.807) is 12.1 Å². The van der Waals surface area contributed by atoms with Crippen molar-refractivity contribution in [3.63, 3.8) is 0 Å². The lowest BCUT2D eigenvalue weighted by Crippen LogP contribution is -2.38. The van der Waals surface area contributed by atoms with Crippen molar-refractivity contribution in [1.29, 1.82) is 0 Å². The lowest BCUT2D eigenvalue weighted by atomic mass is 10.1. The van der Waals surface area contributed by atoms with Crippen LogP contribution in [0.5, 0.6) is 17.2 Å². The van der Waals surface area contributed by atoms with Gasteiger partial charge in [-0.3, -0.25) is 9.69 Å². The maximum Gasteiger partial charge on any atom is 0.251 e. The normalized spacial score (nSPS) is 14.1. The zero-order chi connectivity index (χ0) is 24.3. The van der Waals surface area contributed by atoms with Gasteiger partial charge in [0.15, 0.2) is 11.5 Å². The van der Waals surface area contributed by atoms with Gasteiger partial charge in [-0.15, -0.1) is 0 Å². The molecule has 0 spiro atoms. The molecule has 2 aromatic carbocycles. The summed E-state index contributed by atoms with van der Waals surface area (Å²) in [5, 5.41) is 3.28. The Kier molecular flexibility index (Phi) is 10.3. The minimum Gasteiger partial charge on any atom is -0.493 e. The average molecular weight is 491 g/mol. The van der Waals surface area contributed by atoms with Crippen LogP contribution in [0.4, 0.5) is 0 Å². The van der Waals surface area contributed by atoms with Crippen molar-refractivity contribution in [2.75, 3.05) is 47.1 Å². The highest BCUT2D eigenvalue weighted by atomic mass is 35.5. The molecule has 0 bridgehead atoms. The summed E-state index contributed by atoms with van der Waals surface area (Å²) in [4.78, 5) is 15.1. The summed E-state index contributed by atoms with van der Waals surface area (Å²) in [6.45, 7) is 6.02. The van der Waals surface area contributed by atoms with Crippen molar-refractivity contribution >= 4 is 17.5 Å². The molecule has 0 aliphatic carbocycles. The van der Waals surface area contributed by atoms with Crippen LogP contribution >= 0.6 is 11.6 Å². The van der Waals surface area contributed by atoms with E-state index in [9.17, 15) is 4.79 Å². The molecule has 8 heteroatoms. The molecule has 0 unspecified atom stereocenters. The molecular formula is C26H35ClN2O5. The van der Waals surface area contributed by atoms with Gasteiger partial charge >= 0.3 is 0 Å². The van der Waals surface area contributed by atoms with E-state index >= 15 is 0 Å². The molecule has 7 nitrogen and oxygen atoms in total. The van der Waals surface area contributed by atoms with E-state index in [-0.39, 0.29) is 5.91 Å². The fourth-order valence-electron chi connectivity index (χ4n) is 3.84. The average Bonchev–Trinajstić information content (AvgIpc) is 2.86. The molecule has 186 valence electrons. The number of rotatable bonds is 12. The molecule has 1 amide bonds. The van der Waals surface area contributed by atoms with Crippen LogP contribution in [0, 0.1) is 0 Å². The molecule has 1 fully saturated rings. The van der Waals surface area contributed by atoms with Crippen LogP contribution in [0.2, 0.25) is 5.02 Å². The molecule has 34 heavy (non-hydrogen) atoms. The number of carbonyl (C=O) groups excluding carboxylic acids is 1. The molecule has 1 saturated heterocycles. The SMILES string of the molecule is CCCOc1c(Cl)cc(C(=O)NCc2cccc(OCCN(C)C3CCOCC3)c2)cc1OC. The largest absolute Gasteiger partial charge is 0.493 e. The zero-order valence-electron chi connectivity index (χ0n) is 20.3. The van der Waals surface area contributed by atoms with Gasteiger partial charge in [-0.2, -0.15) is 0 Å². The van der Waals surface area contributed by atoms with Crippen molar-refractivity contribution in [3.05, 3.63) is 52.5 Å². The van der Waals surface area contributed by atoms with Gasteiger partial charge in [0.1, 0.15) is 12.4 Å². The highest BCUT2D eigenvalue weighted by molar-refractivity contribution is 6.32. The molecule has 1 aliphatic heterocycles. The van der Waals surface area contributed by atoms with E-state index < -0.39 is 0 Å². The first kappa shape index (κ1) is 26.1. The molecule has 0 aromatic heterocycles. The minimum absolute atomic E-state index is 0.244. The Hall–Kier alpha value is -2.48. The fourth-order valence-corrected chi connectivity index (χ4v) is 4.11. The molecule has 0 radical (unpaired) electrons. The number of ether oxygens (including phenoxy) is 4. The molecule has 1 heterocycles. The summed E-state index contributed by atoms with van der Waals surface area (Å²) in [5.41, 5.74) is 1.36. The first-order valence-corrected chi connectivity index (χ1v) is 12.2. The standard InChI is InChI=1S/C26H35ClN2O5/c1-4-11-34-25-23(27)16-20(17-24(25)31-3)26(30)28-18-19-6-5-7-22(15-19)33-14-10-29(2)21-8-12-32-13-9-21/h5-7,15-17,21H,4,8-14,18H2,1-3H3,(H,28,30). The van der Waals surface area contributed by atoms with Crippen molar-refractivity contribution in [2.24, 2.45) is 0 Å². The molecule has 2 aromatic rings. The quantitative estimate of drug-likeness (QED) is 0.470. The number of nitrogens with one attached hydrogen (secondary N) is 1. The summed E-state index contributed by atoms with van der Waals surface area (Å²) in [6, 6.07) is 11.6. The molecular weight excluding hydrogens is 456 g/mol. The lowest BCUT2D eigenvalue weighted by Gasteiger charge is -2.31. The summed E-state index contributed by atoms with van der Waals surface area (Å²) in [5.74, 6) is 1.43. The summed E-state index contributed by atoms with van der Waals surface area (Å²) < 4.78 is 22.4. The number of likely N-dealkylation sites (N-methyl/N-ethyl adjacent to an activating group) is 1. The Morgan fingerprint density at radius 2 is 1.97 bits per heavy atom. The number of hydrogen-bond acceptors (Lipinski definition) is 6. The van der Waals surface area contributed by atoms with Gasteiger partial charge in [0.05, 0.1) is 18.7 Å². The van der Waals surface area contributed by atoms with E-state index in [2.05, 4.69) is 17.3 Å². The van der Waals surface area contributed by atoms with Crippen LogP contribution in [-0.2, 0) is 11.3 Å². The van der Waals surface area contributed by atoms with Crippen molar-refractivity contribution in [1.82, 2.24) is 10.2 Å². The highest BCUT2D eigenvalue weighted by Gasteiger charge is 2.18. The van der Waals surface area contributed by atoms with Crippen LogP contribution < -0.4 is 19.5 Å². The number of hydrogen-bond donors (Lipinski definition) is 1. The third kappa shape index (κ3) is 7.52. The highest BCUT2D eigenvalue weighted by Crippen LogP contribution is 2.36. The minimum atomic E-state index is -0.244. The Balaban J connectivity index is 1.52. The first-order valence-electron chi connectivity index (χ1n) is 11.8. The van der Waals surface area contributed by atoms with Crippen LogP contribution in [-0.4, -0.2) is 64.0 Å². The number of benzene rings is 2. The summed E-state index contributed by atoms with van der Waals surface area (Å²) >= 11 is 6.34. The predicted octanol–water partition coefficient (Wildman–Crippen LogP) is 4.56. The maximum absolute atomic E-state index is 12.7. The van der Waals surface area contributed by atoms with E-state index in [1.807, 2.05) is 31.2 Å². The summed E-state index contributed by atoms with van der Waals surface area (Å²) in [6.07, 6.45) is 2.98. The van der Waals surface area contributed by atoms with Gasteiger partial charge in [-0.1, -0.05) is 30.7 Å². The van der Waals surface area contributed by atoms with E-state index in [0.29, 0.717) is 47.9 Å². The monoisotopic (exact) mass is 490 g/mol. The van der Waals surface area contributed by atoms with E-state index in [4.69, 9.17) is 30.5 Å². The third-order valence-corrected chi connectivity index (χ3v) is 6.10. The molecule has 1 N–H and O–H groups in total. The lowest BCUT2D eigenvalue weighted by molar-refractivity contribution is 0.0392. The molecule has 3 rings (SSSR count). The van der Waals surface area contributed by atoms with Gasteiger partial charge < -0.3 is 24.3 Å². The second-order valence-electron chi connectivity index (χ2n) is 8.34. The number of amides is 1. The van der Waals surface area contributed by atoms with Gasteiger partial charge in [0.25, 0.3) is 5.91 Å². The van der Waals surface area contributed by atoms with Gasteiger partial charge in [0.2, 0.25) is 0 Å². The van der Waals surface area contributed by atoms with E-state index in [1.165, 1.54) is 7.11 Å². The van der Waals surface area contributed by atoms with Crippen LogP contribution in [0.25, 0.3) is 0 Å². The van der Waals surface area contributed by atoms with Crippen LogP contribution in [0.1, 0.15) is 42.1 Å². The number of carbonyl (C=O) groups is 1. The van der Waals surface area contributed by atoms with Gasteiger partial charge in [-0.05, 0) is 56.1 Å². The Morgan fingerprint density at radius 3 is 2.71 bits per heavy atom. The third-order valence-electron chi connectivity index (χ3n) is 5.82. The van der Waals surface area contributed by atoms with Crippen molar-refractivity contribution < 1.29 is 23.7 Å². The molecule has 0 atom stereocenters. The van der Waals surface area contributed by atoms with Crippen molar-refractivity contribution in [2.45, 2.75) is 38.8 Å². The number of methoxy groups -OCH3 is 1. The Morgan fingerprint density at radius 1 is 1.18 bits per heavy atom. The predicted molar refractivity (Wildman–Crippen MR) is 133 cm³/mol. The van der Waals surface area contributed by atoms with E-state index in [0.717, 1.165) is 50.3 Å². The first-order chi connectivity index (χ1) is 16.5. The Bertz CT molecular complexity index is 933. The molecule has 0 saturated carbocycles. The topological polar surface area (TPSA) is 69.3 Å². The second-order valence-corrected chi connectivity index (χ2v) is 8.75. The summed E-state index contributed by atoms with van der Waals surface area (Å²) in [7, 11) is 3.66. The zero-order valence-corrected chi connectivity index (χ0v) is 21.0. The van der Waals surface area contributed by atoms with Gasteiger partial charge in [0, 0.05) is 37.9 Å². The second kappa shape index (κ2) is 13.4. The number of halogens is 1. The van der Waals surface area contributed by atoms with Crippen molar-refractivity contribution in [3.8, 4) is 17.2 Å².